The summed E-state index contributed by atoms with van der Waals surface area (Å²) in [5, 5.41) is 6.94. The Kier molecular flexibility index (Phi) is 4.82. The van der Waals surface area contributed by atoms with E-state index in [4.69, 9.17) is 9.26 Å². The molecule has 1 aliphatic rings. The number of amides is 2. The smallest absolute Gasteiger partial charge is 0.279 e. The molecule has 0 saturated heterocycles. The molecule has 4 rings (SSSR count). The highest BCUT2D eigenvalue weighted by Gasteiger charge is 2.27. The molecule has 144 valence electrons. The van der Waals surface area contributed by atoms with Crippen molar-refractivity contribution >= 4 is 28.3 Å². The molecule has 2 amide bonds. The van der Waals surface area contributed by atoms with Gasteiger partial charge in [0.15, 0.2) is 10.8 Å². The van der Waals surface area contributed by atoms with Gasteiger partial charge < -0.3 is 14.2 Å². The second-order valence-electron chi connectivity index (χ2n) is 6.34. The first-order valence-electron chi connectivity index (χ1n) is 8.70. The van der Waals surface area contributed by atoms with Crippen LogP contribution in [0.15, 0.2) is 34.9 Å². The lowest BCUT2D eigenvalue weighted by Gasteiger charge is -2.26. The second-order valence-corrected chi connectivity index (χ2v) is 7.43. The van der Waals surface area contributed by atoms with E-state index in [1.54, 1.807) is 37.1 Å². The number of hydrogen-bond acceptors (Lipinski definition) is 7. The normalized spacial score (nSPS) is 13.1. The van der Waals surface area contributed by atoms with Crippen LogP contribution in [0.1, 0.15) is 37.2 Å². The minimum absolute atomic E-state index is 0.0832. The minimum Gasteiger partial charge on any atom is -0.496 e. The van der Waals surface area contributed by atoms with Crippen LogP contribution in [0.4, 0.5) is 5.13 Å². The van der Waals surface area contributed by atoms with Gasteiger partial charge in [-0.25, -0.2) is 4.98 Å². The van der Waals surface area contributed by atoms with Crippen molar-refractivity contribution < 1.29 is 18.8 Å². The molecule has 3 heterocycles. The third-order valence-electron chi connectivity index (χ3n) is 4.44. The molecule has 0 saturated carbocycles. The van der Waals surface area contributed by atoms with Crippen LogP contribution in [0.3, 0.4) is 0 Å². The van der Waals surface area contributed by atoms with E-state index < -0.39 is 0 Å². The van der Waals surface area contributed by atoms with Gasteiger partial charge in [0.1, 0.15) is 11.5 Å². The number of benzene rings is 1. The third-order valence-corrected chi connectivity index (χ3v) is 5.43. The molecule has 0 fully saturated rings. The van der Waals surface area contributed by atoms with Crippen molar-refractivity contribution in [1.29, 1.82) is 0 Å². The number of nitrogens with one attached hydrogen (secondary N) is 1. The molecule has 8 nitrogen and oxygen atoms in total. The number of rotatable bonds is 4. The van der Waals surface area contributed by atoms with Gasteiger partial charge in [0.05, 0.1) is 24.9 Å². The Balaban J connectivity index is 1.48. The van der Waals surface area contributed by atoms with Gasteiger partial charge in [0.2, 0.25) is 0 Å². The van der Waals surface area contributed by atoms with Crippen LogP contribution in [0.2, 0.25) is 0 Å². The molecule has 1 aliphatic heterocycles. The van der Waals surface area contributed by atoms with E-state index >= 15 is 0 Å². The Morgan fingerprint density at radius 2 is 2.14 bits per heavy atom. The molecule has 1 aromatic carbocycles. The van der Waals surface area contributed by atoms with Crippen molar-refractivity contribution in [3.8, 4) is 5.75 Å². The van der Waals surface area contributed by atoms with Crippen molar-refractivity contribution in [3.63, 3.8) is 0 Å². The number of aromatic nitrogens is 2. The topological polar surface area (TPSA) is 97.6 Å². The quantitative estimate of drug-likeness (QED) is 0.726. The number of carbonyl (C=O) groups excluding carboxylic acids is 2. The first-order valence-corrected chi connectivity index (χ1v) is 9.52. The Hall–Kier alpha value is -3.20. The monoisotopic (exact) mass is 398 g/mol. The molecule has 3 aromatic rings. The molecular formula is C19H18N4O4S. The maximum absolute atomic E-state index is 12.9. The van der Waals surface area contributed by atoms with Gasteiger partial charge in [-0.1, -0.05) is 28.6 Å². The second kappa shape index (κ2) is 7.43. The summed E-state index contributed by atoms with van der Waals surface area (Å²) in [5.41, 5.74) is 1.65. The fourth-order valence-electron chi connectivity index (χ4n) is 3.05. The summed E-state index contributed by atoms with van der Waals surface area (Å²) in [7, 11) is 1.55. The summed E-state index contributed by atoms with van der Waals surface area (Å²) in [6.45, 7) is 2.73. The average molecular weight is 398 g/mol. The van der Waals surface area contributed by atoms with Gasteiger partial charge in [-0.05, 0) is 19.1 Å². The summed E-state index contributed by atoms with van der Waals surface area (Å²) in [4.78, 5) is 32.3. The summed E-state index contributed by atoms with van der Waals surface area (Å²) in [5.74, 6) is 0.664. The summed E-state index contributed by atoms with van der Waals surface area (Å²) in [6.07, 6.45) is 0.631. The lowest BCUT2D eigenvalue weighted by molar-refractivity contribution is 0.0732. The fraction of sp³-hybridized carbons (Fsp3) is 0.263. The zero-order valence-corrected chi connectivity index (χ0v) is 16.2. The zero-order valence-electron chi connectivity index (χ0n) is 15.4. The number of para-hydroxylation sites is 1. The number of thiazole rings is 1. The van der Waals surface area contributed by atoms with Gasteiger partial charge in [0, 0.05) is 23.9 Å². The van der Waals surface area contributed by atoms with E-state index in [9.17, 15) is 9.59 Å². The maximum atomic E-state index is 12.9. The number of anilines is 1. The Morgan fingerprint density at radius 1 is 1.32 bits per heavy atom. The molecule has 0 atom stereocenters. The highest BCUT2D eigenvalue weighted by Crippen LogP contribution is 2.30. The number of carbonyl (C=O) groups is 2. The summed E-state index contributed by atoms with van der Waals surface area (Å²) >= 11 is 1.36. The van der Waals surface area contributed by atoms with E-state index in [0.29, 0.717) is 41.7 Å². The standard InChI is InChI=1S/C19H18N4O4S/c1-11-9-14(22-27-11)17(24)21-19-20-13-7-8-23(10-16(13)28-19)18(25)12-5-3-4-6-15(12)26-2/h3-6,9H,7-8,10H2,1-2H3,(H,20,21,24). The largest absolute Gasteiger partial charge is 0.496 e. The first-order chi connectivity index (χ1) is 13.5. The summed E-state index contributed by atoms with van der Waals surface area (Å²) in [6, 6.07) is 8.75. The van der Waals surface area contributed by atoms with E-state index in [-0.39, 0.29) is 17.5 Å². The van der Waals surface area contributed by atoms with Crippen molar-refractivity contribution in [1.82, 2.24) is 15.0 Å². The van der Waals surface area contributed by atoms with Crippen molar-refractivity contribution in [2.24, 2.45) is 0 Å². The maximum Gasteiger partial charge on any atom is 0.279 e. The third kappa shape index (κ3) is 3.48. The lowest BCUT2D eigenvalue weighted by Crippen LogP contribution is -2.35. The van der Waals surface area contributed by atoms with Crippen LogP contribution in [0.5, 0.6) is 5.75 Å². The van der Waals surface area contributed by atoms with Gasteiger partial charge in [-0.15, -0.1) is 0 Å². The van der Waals surface area contributed by atoms with E-state index in [0.717, 1.165) is 10.6 Å². The molecule has 0 unspecified atom stereocenters. The van der Waals surface area contributed by atoms with Crippen LogP contribution in [0, 0.1) is 6.92 Å². The number of hydrogen-bond donors (Lipinski definition) is 1. The van der Waals surface area contributed by atoms with Gasteiger partial charge in [-0.3, -0.25) is 14.9 Å². The van der Waals surface area contributed by atoms with Crippen LogP contribution in [-0.4, -0.2) is 40.5 Å². The van der Waals surface area contributed by atoms with Crippen LogP contribution < -0.4 is 10.1 Å². The van der Waals surface area contributed by atoms with Crippen molar-refractivity contribution in [2.45, 2.75) is 19.9 Å². The van der Waals surface area contributed by atoms with E-state index in [2.05, 4.69) is 15.5 Å². The Morgan fingerprint density at radius 3 is 2.89 bits per heavy atom. The van der Waals surface area contributed by atoms with Crippen LogP contribution in [-0.2, 0) is 13.0 Å². The fourth-order valence-corrected chi connectivity index (χ4v) is 4.07. The number of methoxy groups -OCH3 is 1. The van der Waals surface area contributed by atoms with Crippen LogP contribution in [0.25, 0.3) is 0 Å². The van der Waals surface area contributed by atoms with Crippen molar-refractivity contribution in [2.75, 3.05) is 19.0 Å². The van der Waals surface area contributed by atoms with Gasteiger partial charge >= 0.3 is 0 Å². The van der Waals surface area contributed by atoms with Crippen LogP contribution >= 0.6 is 11.3 Å². The predicted molar refractivity (Wildman–Crippen MR) is 103 cm³/mol. The molecule has 28 heavy (non-hydrogen) atoms. The SMILES string of the molecule is COc1ccccc1C(=O)N1CCc2nc(NC(=O)c3cc(C)on3)sc2C1. The molecule has 0 spiro atoms. The highest BCUT2D eigenvalue weighted by molar-refractivity contribution is 7.15. The zero-order chi connectivity index (χ0) is 19.7. The molecule has 1 N–H and O–H groups in total. The number of fused-ring (bicyclic) bond motifs is 1. The van der Waals surface area contributed by atoms with Crippen molar-refractivity contribution in [3.05, 3.63) is 57.9 Å². The number of nitrogens with zero attached hydrogens (tertiary/aromatic N) is 3. The summed E-state index contributed by atoms with van der Waals surface area (Å²) < 4.78 is 10.2. The molecular weight excluding hydrogens is 380 g/mol. The molecule has 2 aromatic heterocycles. The van der Waals surface area contributed by atoms with E-state index in [1.807, 2.05) is 12.1 Å². The van der Waals surface area contributed by atoms with Gasteiger partial charge in [-0.2, -0.15) is 0 Å². The molecule has 0 radical (unpaired) electrons. The van der Waals surface area contributed by atoms with E-state index in [1.165, 1.54) is 11.3 Å². The average Bonchev–Trinajstić information content (AvgIpc) is 3.32. The molecule has 9 heteroatoms. The minimum atomic E-state index is -0.370. The number of ether oxygens (including phenoxy) is 1. The highest BCUT2D eigenvalue weighted by atomic mass is 32.1. The molecule has 0 aliphatic carbocycles. The Labute approximate surface area is 165 Å². The molecule has 0 bridgehead atoms. The lowest BCUT2D eigenvalue weighted by atomic mass is 10.1. The first kappa shape index (κ1) is 18.2. The number of aryl methyl sites for hydroxylation is 1. The predicted octanol–water partition coefficient (Wildman–Crippen LogP) is 2.90. The van der Waals surface area contributed by atoms with Gasteiger partial charge in [0.25, 0.3) is 11.8 Å². The Bertz CT molecular complexity index is 1040.